The van der Waals surface area contributed by atoms with Crippen molar-refractivity contribution in [3.05, 3.63) is 55.2 Å². The third-order valence-electron chi connectivity index (χ3n) is 1.17. The van der Waals surface area contributed by atoms with Crippen LogP contribution in [0.15, 0.2) is 36.5 Å². The van der Waals surface area contributed by atoms with E-state index in [0.717, 1.165) is 12.8 Å². The van der Waals surface area contributed by atoms with Gasteiger partial charge in [-0.1, -0.05) is 13.1 Å². The molecule has 78 valence electrons. The fourth-order valence-electron chi connectivity index (χ4n) is 0.680. The van der Waals surface area contributed by atoms with Gasteiger partial charge in [0.2, 0.25) is 0 Å². The fourth-order valence-corrected chi connectivity index (χ4v) is 0.680. The molecule has 0 amide bonds. The average Bonchev–Trinajstić information content (AvgIpc) is 2.83. The summed E-state index contributed by atoms with van der Waals surface area (Å²) < 4.78 is 0. The Bertz CT molecular complexity index is 180. The average molecular weight is 294 g/mol. The Labute approximate surface area is 116 Å². The molecule has 2 aliphatic rings. The summed E-state index contributed by atoms with van der Waals surface area (Å²) in [5.41, 5.74) is 0. The van der Waals surface area contributed by atoms with Gasteiger partial charge in [-0.15, -0.1) is 21.6 Å². The van der Waals surface area contributed by atoms with Gasteiger partial charge in [0.05, 0.1) is 0 Å². The minimum Gasteiger partial charge on any atom is -0.346 e. The molecule has 0 spiro atoms. The number of rotatable bonds is 0. The van der Waals surface area contributed by atoms with E-state index < -0.39 is 0 Å². The number of hydrogen-bond donors (Lipinski definition) is 0. The third kappa shape index (κ3) is 20.2. The molecule has 2 rings (SSSR count). The molecule has 0 aromatic heterocycles. The van der Waals surface area contributed by atoms with Crippen LogP contribution < -0.4 is 0 Å². The van der Waals surface area contributed by atoms with Crippen LogP contribution in [0.5, 0.6) is 0 Å². The van der Waals surface area contributed by atoms with Gasteiger partial charge in [0, 0.05) is 0 Å². The first-order valence-corrected chi connectivity index (χ1v) is 7.49. The van der Waals surface area contributed by atoms with Gasteiger partial charge >= 0.3 is 26.2 Å². The molecule has 2 aliphatic carbocycles. The molecule has 0 heterocycles. The Balaban J connectivity index is 0. The van der Waals surface area contributed by atoms with Gasteiger partial charge in [-0.25, -0.2) is 24.3 Å². The number of hydrogen-bond acceptors (Lipinski definition) is 0. The smallest absolute Gasteiger partial charge is 0.346 e. The first kappa shape index (κ1) is 17.5. The molecule has 0 unspecified atom stereocenters. The summed E-state index contributed by atoms with van der Waals surface area (Å²) in [5, 5.41) is 0. The second-order valence-electron chi connectivity index (χ2n) is 3.21. The van der Waals surface area contributed by atoms with Crippen molar-refractivity contribution in [1.29, 1.82) is 0 Å². The van der Waals surface area contributed by atoms with Gasteiger partial charge in [-0.2, -0.15) is 12.2 Å². The van der Waals surface area contributed by atoms with Crippen LogP contribution in [0.2, 0.25) is 13.1 Å². The first-order valence-electron chi connectivity index (χ1n) is 4.79. The van der Waals surface area contributed by atoms with Crippen molar-refractivity contribution >= 4 is 8.80 Å². The summed E-state index contributed by atoms with van der Waals surface area (Å²) in [4.78, 5) is 0. The summed E-state index contributed by atoms with van der Waals surface area (Å²) in [6.45, 7) is 8.06. The molecule has 0 nitrogen and oxygen atoms in total. The summed E-state index contributed by atoms with van der Waals surface area (Å²) in [5.74, 6) is 0. The van der Waals surface area contributed by atoms with Gasteiger partial charge < -0.3 is 6.55 Å². The predicted molar refractivity (Wildman–Crippen MR) is 66.0 cm³/mol. The Hall–Kier alpha value is 0.0600. The molecule has 0 fully saturated rings. The van der Waals surface area contributed by atoms with Crippen molar-refractivity contribution in [2.75, 3.05) is 0 Å². The van der Waals surface area contributed by atoms with Crippen molar-refractivity contribution in [2.24, 2.45) is 0 Å². The Morgan fingerprint density at radius 2 is 1.33 bits per heavy atom. The Morgan fingerprint density at radius 3 is 1.40 bits per heavy atom. The standard InChI is InChI=1S/2C5H5.C3H8Si.Zr/c2*1-2-4-5-3-1;1-4(2)3;/h2*1-3H,4H2;1H2,2-3H3;/q3*-1;+3. The topological polar surface area (TPSA) is 0 Å². The Kier molecular flexibility index (Phi) is 16.4. The maximum Gasteiger partial charge on any atom is 3.00 e. The van der Waals surface area contributed by atoms with E-state index in [1.54, 1.807) is 0 Å². The molecule has 2 heteroatoms. The van der Waals surface area contributed by atoms with E-state index in [1.165, 1.54) is 0 Å². The van der Waals surface area contributed by atoms with Crippen LogP contribution >= 0.6 is 0 Å². The SMILES string of the molecule is [C-]1=CC=CC1.[C-]1=CC=CC1.[CH2-][Si](C)C.[Zr+3]. The summed E-state index contributed by atoms with van der Waals surface area (Å²) in [7, 11) is -0.130. The largest absolute Gasteiger partial charge is 3.00 e. The monoisotopic (exact) mass is 292 g/mol. The molecule has 2 radical (unpaired) electrons. The summed E-state index contributed by atoms with van der Waals surface area (Å²) >= 11 is 0. The minimum atomic E-state index is -0.130. The molecule has 0 N–H and O–H groups in total. The van der Waals surface area contributed by atoms with Crippen LogP contribution in [0.4, 0.5) is 0 Å². The molecular weight excluding hydrogens is 275 g/mol. The minimum absolute atomic E-state index is 0. The van der Waals surface area contributed by atoms with E-state index in [4.69, 9.17) is 0 Å². The van der Waals surface area contributed by atoms with Crippen LogP contribution in [0.3, 0.4) is 0 Å². The van der Waals surface area contributed by atoms with Gasteiger partial charge in [-0.05, 0) is 0 Å². The molecule has 0 aromatic carbocycles. The maximum absolute atomic E-state index is 3.74. The quantitative estimate of drug-likeness (QED) is 0.472. The zero-order valence-electron chi connectivity index (χ0n) is 9.59. The van der Waals surface area contributed by atoms with Crippen LogP contribution in [-0.4, -0.2) is 8.80 Å². The van der Waals surface area contributed by atoms with Gasteiger partial charge in [-0.3, -0.25) is 12.2 Å². The van der Waals surface area contributed by atoms with E-state index >= 15 is 0 Å². The van der Waals surface area contributed by atoms with Gasteiger partial charge in [0.15, 0.2) is 0 Å². The van der Waals surface area contributed by atoms with Crippen LogP contribution in [-0.2, 0) is 26.2 Å². The summed E-state index contributed by atoms with van der Waals surface area (Å²) in [6, 6.07) is 0. The van der Waals surface area contributed by atoms with E-state index in [1.807, 2.05) is 24.3 Å². The van der Waals surface area contributed by atoms with Crippen molar-refractivity contribution in [1.82, 2.24) is 0 Å². The van der Waals surface area contributed by atoms with E-state index in [0.29, 0.717) is 0 Å². The molecule has 0 atom stereocenters. The van der Waals surface area contributed by atoms with Crippen molar-refractivity contribution in [2.45, 2.75) is 25.9 Å². The van der Waals surface area contributed by atoms with Crippen LogP contribution in [0.25, 0.3) is 0 Å². The van der Waals surface area contributed by atoms with E-state index in [-0.39, 0.29) is 35.0 Å². The van der Waals surface area contributed by atoms with Crippen molar-refractivity contribution in [3.63, 3.8) is 0 Å². The van der Waals surface area contributed by atoms with Crippen LogP contribution in [0.1, 0.15) is 12.8 Å². The van der Waals surface area contributed by atoms with E-state index in [2.05, 4.69) is 43.9 Å². The molecule has 0 aromatic rings. The molecular formula is C13H18SiZr. The second-order valence-corrected chi connectivity index (χ2v) is 5.63. The van der Waals surface area contributed by atoms with Crippen molar-refractivity contribution in [3.8, 4) is 0 Å². The Morgan fingerprint density at radius 1 is 1.00 bits per heavy atom. The molecule has 0 aliphatic heterocycles. The molecule has 0 saturated heterocycles. The van der Waals surface area contributed by atoms with Crippen LogP contribution in [0, 0.1) is 18.7 Å². The predicted octanol–water partition coefficient (Wildman–Crippen LogP) is 3.72. The van der Waals surface area contributed by atoms with Gasteiger partial charge in [0.1, 0.15) is 0 Å². The van der Waals surface area contributed by atoms with Gasteiger partial charge in [0.25, 0.3) is 0 Å². The summed E-state index contributed by atoms with van der Waals surface area (Å²) in [6.07, 6.45) is 20.0. The first-order chi connectivity index (χ1) is 6.73. The zero-order chi connectivity index (χ0) is 10.6. The fraction of sp³-hybridized carbons (Fsp3) is 0.308. The zero-order valence-corrected chi connectivity index (χ0v) is 13.0. The third-order valence-corrected chi connectivity index (χ3v) is 1.17. The second kappa shape index (κ2) is 14.1. The normalized spacial score (nSPS) is 14.1. The molecule has 0 saturated carbocycles. The number of allylic oxidation sites excluding steroid dienone is 8. The maximum atomic E-state index is 3.74. The van der Waals surface area contributed by atoms with E-state index in [9.17, 15) is 0 Å². The molecule has 0 bridgehead atoms. The molecule has 15 heavy (non-hydrogen) atoms. The van der Waals surface area contributed by atoms with Crippen molar-refractivity contribution < 1.29 is 26.2 Å².